The topological polar surface area (TPSA) is 18.5 Å². The van der Waals surface area contributed by atoms with Crippen LogP contribution in [0.2, 0.25) is 6.04 Å². The predicted molar refractivity (Wildman–Crippen MR) is 61.1 cm³/mol. The summed E-state index contributed by atoms with van der Waals surface area (Å²) in [4.78, 5) is 0. The van der Waals surface area contributed by atoms with Crippen LogP contribution in [0.25, 0.3) is 0 Å². The van der Waals surface area contributed by atoms with E-state index in [9.17, 15) is 13.2 Å². The average molecular weight is 264 g/mol. The molecule has 0 saturated heterocycles. The standard InChI is InChI=1S/C11H15F3O2Si/c1-15-17(16-2)7-6-9-4-3-5-10(8-9)11(12,13)14/h3-5,8,17H,6-7H2,1-2H3. The van der Waals surface area contributed by atoms with Gasteiger partial charge in [0.2, 0.25) is 0 Å². The fourth-order valence-electron chi connectivity index (χ4n) is 1.52. The molecule has 0 unspecified atom stereocenters. The highest BCUT2D eigenvalue weighted by molar-refractivity contribution is 6.44. The first-order valence-electron chi connectivity index (χ1n) is 5.19. The van der Waals surface area contributed by atoms with Crippen LogP contribution in [0.4, 0.5) is 13.2 Å². The Labute approximate surface area is 100 Å². The molecule has 0 saturated carbocycles. The number of aryl methyl sites for hydroxylation is 1. The van der Waals surface area contributed by atoms with Gasteiger partial charge in [-0.25, -0.2) is 0 Å². The monoisotopic (exact) mass is 264 g/mol. The number of benzene rings is 1. The molecule has 0 heterocycles. The minimum Gasteiger partial charge on any atom is -0.400 e. The molecule has 17 heavy (non-hydrogen) atoms. The molecule has 0 N–H and O–H groups in total. The highest BCUT2D eigenvalue weighted by Gasteiger charge is 2.30. The molecule has 1 aromatic carbocycles. The molecule has 0 aliphatic rings. The predicted octanol–water partition coefficient (Wildman–Crippen LogP) is 2.76. The van der Waals surface area contributed by atoms with Gasteiger partial charge in [0, 0.05) is 14.2 Å². The molecule has 0 aliphatic heterocycles. The summed E-state index contributed by atoms with van der Waals surface area (Å²) in [7, 11) is 1.42. The summed E-state index contributed by atoms with van der Waals surface area (Å²) in [6.07, 6.45) is -3.74. The third-order valence-electron chi connectivity index (χ3n) is 2.45. The van der Waals surface area contributed by atoms with Crippen molar-refractivity contribution in [1.29, 1.82) is 0 Å². The minimum absolute atomic E-state index is 0.544. The molecule has 0 bridgehead atoms. The molecule has 1 aromatic rings. The lowest BCUT2D eigenvalue weighted by atomic mass is 10.1. The highest BCUT2D eigenvalue weighted by Crippen LogP contribution is 2.29. The van der Waals surface area contributed by atoms with Gasteiger partial charge in [-0.1, -0.05) is 18.2 Å². The van der Waals surface area contributed by atoms with Crippen LogP contribution in [-0.4, -0.2) is 23.5 Å². The van der Waals surface area contributed by atoms with Gasteiger partial charge in [-0.2, -0.15) is 13.2 Å². The van der Waals surface area contributed by atoms with Crippen molar-refractivity contribution in [2.24, 2.45) is 0 Å². The SMILES string of the molecule is CO[SiH](CCc1cccc(C(F)(F)F)c1)OC. The fraction of sp³-hybridized carbons (Fsp3) is 0.455. The van der Waals surface area contributed by atoms with Gasteiger partial charge in [-0.05, 0) is 24.1 Å². The van der Waals surface area contributed by atoms with E-state index in [1.54, 1.807) is 20.3 Å². The minimum atomic E-state index is -4.28. The second kappa shape index (κ2) is 6.18. The van der Waals surface area contributed by atoms with Gasteiger partial charge in [-0.3, -0.25) is 0 Å². The first kappa shape index (κ1) is 14.2. The zero-order chi connectivity index (χ0) is 12.9. The first-order chi connectivity index (χ1) is 7.97. The highest BCUT2D eigenvalue weighted by atomic mass is 28.3. The molecule has 2 nitrogen and oxygen atoms in total. The van der Waals surface area contributed by atoms with Crippen molar-refractivity contribution < 1.29 is 22.0 Å². The Balaban J connectivity index is 2.66. The Bertz CT molecular complexity index is 351. The van der Waals surface area contributed by atoms with E-state index in [0.29, 0.717) is 18.0 Å². The Morgan fingerprint density at radius 3 is 2.35 bits per heavy atom. The third kappa shape index (κ3) is 4.49. The number of rotatable bonds is 5. The number of halogens is 3. The molecule has 0 aromatic heterocycles. The summed E-state index contributed by atoms with van der Waals surface area (Å²) in [5, 5.41) is 0. The first-order valence-corrected chi connectivity index (χ1v) is 6.95. The van der Waals surface area contributed by atoms with Crippen LogP contribution in [0.3, 0.4) is 0 Å². The Morgan fingerprint density at radius 1 is 1.18 bits per heavy atom. The molecule has 0 radical (unpaired) electrons. The molecule has 0 aliphatic carbocycles. The molecular formula is C11H15F3O2Si. The molecule has 1 rings (SSSR count). The molecule has 0 fully saturated rings. The van der Waals surface area contributed by atoms with Gasteiger partial charge in [-0.15, -0.1) is 0 Å². The zero-order valence-corrected chi connectivity index (χ0v) is 10.9. The van der Waals surface area contributed by atoms with E-state index in [4.69, 9.17) is 8.85 Å². The molecule has 0 atom stereocenters. The summed E-state index contributed by atoms with van der Waals surface area (Å²) in [5.74, 6) is 0. The van der Waals surface area contributed by atoms with Gasteiger partial charge in [0.25, 0.3) is 0 Å². The lowest BCUT2D eigenvalue weighted by Gasteiger charge is -2.12. The van der Waals surface area contributed by atoms with E-state index in [-0.39, 0.29) is 0 Å². The van der Waals surface area contributed by atoms with Crippen molar-refractivity contribution in [1.82, 2.24) is 0 Å². The van der Waals surface area contributed by atoms with E-state index in [2.05, 4.69) is 0 Å². The molecular weight excluding hydrogens is 249 g/mol. The van der Waals surface area contributed by atoms with E-state index in [1.165, 1.54) is 12.1 Å². The largest absolute Gasteiger partial charge is 0.416 e. The smallest absolute Gasteiger partial charge is 0.400 e. The lowest BCUT2D eigenvalue weighted by Crippen LogP contribution is -2.19. The maximum atomic E-state index is 12.5. The summed E-state index contributed by atoms with van der Waals surface area (Å²) < 4.78 is 47.6. The van der Waals surface area contributed by atoms with Crippen molar-refractivity contribution in [3.05, 3.63) is 35.4 Å². The number of hydrogen-bond donors (Lipinski definition) is 0. The van der Waals surface area contributed by atoms with Crippen molar-refractivity contribution in [2.75, 3.05) is 14.2 Å². The van der Waals surface area contributed by atoms with Gasteiger partial charge in [0.05, 0.1) is 5.56 Å². The Hall–Kier alpha value is -0.853. The van der Waals surface area contributed by atoms with Crippen molar-refractivity contribution in [2.45, 2.75) is 18.6 Å². The molecule has 96 valence electrons. The molecule has 0 amide bonds. The van der Waals surface area contributed by atoms with Crippen LogP contribution in [0, 0.1) is 0 Å². The van der Waals surface area contributed by atoms with Crippen molar-refractivity contribution >= 4 is 9.28 Å². The Kier molecular flexibility index (Phi) is 5.17. The van der Waals surface area contributed by atoms with Crippen molar-refractivity contribution in [3.63, 3.8) is 0 Å². The summed E-state index contributed by atoms with van der Waals surface area (Å²) in [5.41, 5.74) is 0.0504. The lowest BCUT2D eigenvalue weighted by molar-refractivity contribution is -0.137. The summed E-state index contributed by atoms with van der Waals surface area (Å²) in [6, 6.07) is 6.02. The van der Waals surface area contributed by atoms with Crippen LogP contribution >= 0.6 is 0 Å². The normalized spacial score (nSPS) is 12.1. The van der Waals surface area contributed by atoms with E-state index in [1.807, 2.05) is 0 Å². The summed E-state index contributed by atoms with van der Waals surface area (Å²) >= 11 is 0. The fourth-order valence-corrected chi connectivity index (χ4v) is 2.75. The zero-order valence-electron chi connectivity index (χ0n) is 9.75. The van der Waals surface area contributed by atoms with E-state index < -0.39 is 21.0 Å². The summed E-state index contributed by atoms with van der Waals surface area (Å²) in [6.45, 7) is 0. The molecule has 6 heteroatoms. The maximum Gasteiger partial charge on any atom is 0.416 e. The van der Waals surface area contributed by atoms with Crippen LogP contribution in [-0.2, 0) is 21.4 Å². The quantitative estimate of drug-likeness (QED) is 0.761. The second-order valence-electron chi connectivity index (χ2n) is 3.64. The molecule has 0 spiro atoms. The van der Waals surface area contributed by atoms with E-state index in [0.717, 1.165) is 6.07 Å². The average Bonchev–Trinajstić information content (AvgIpc) is 2.30. The van der Waals surface area contributed by atoms with Gasteiger partial charge in [0.15, 0.2) is 0 Å². The third-order valence-corrected chi connectivity index (χ3v) is 4.26. The van der Waals surface area contributed by atoms with Crippen LogP contribution in [0.15, 0.2) is 24.3 Å². The van der Waals surface area contributed by atoms with Gasteiger partial charge >= 0.3 is 15.5 Å². The van der Waals surface area contributed by atoms with E-state index >= 15 is 0 Å². The Morgan fingerprint density at radius 2 is 1.82 bits per heavy atom. The van der Waals surface area contributed by atoms with Gasteiger partial charge < -0.3 is 8.85 Å². The van der Waals surface area contributed by atoms with Crippen molar-refractivity contribution in [3.8, 4) is 0 Å². The maximum absolute atomic E-state index is 12.5. The number of alkyl halides is 3. The van der Waals surface area contributed by atoms with Gasteiger partial charge in [0.1, 0.15) is 0 Å². The van der Waals surface area contributed by atoms with Crippen LogP contribution < -0.4 is 0 Å². The van der Waals surface area contributed by atoms with Crippen LogP contribution in [0.5, 0.6) is 0 Å². The van der Waals surface area contributed by atoms with Crippen LogP contribution in [0.1, 0.15) is 11.1 Å². The second-order valence-corrected chi connectivity index (χ2v) is 6.02. The number of hydrogen-bond acceptors (Lipinski definition) is 2.